The van der Waals surface area contributed by atoms with Gasteiger partial charge in [0.1, 0.15) is 0 Å². The fourth-order valence-electron chi connectivity index (χ4n) is 2.46. The smallest absolute Gasteiger partial charge is 0.0725 e. The molecule has 1 aliphatic heterocycles. The van der Waals surface area contributed by atoms with Crippen LogP contribution >= 0.6 is 23.2 Å². The van der Waals surface area contributed by atoms with Crippen LogP contribution in [0.4, 0.5) is 0 Å². The van der Waals surface area contributed by atoms with Crippen molar-refractivity contribution in [2.75, 3.05) is 0 Å². The lowest BCUT2D eigenvalue weighted by Gasteiger charge is -2.14. The molecule has 2 nitrogen and oxygen atoms in total. The van der Waals surface area contributed by atoms with Crippen LogP contribution in [0, 0.1) is 0 Å². The monoisotopic (exact) mass is 307 g/mol. The molecule has 0 spiro atoms. The third-order valence-electron chi connectivity index (χ3n) is 3.61. The van der Waals surface area contributed by atoms with Gasteiger partial charge in [-0.25, -0.2) is 0 Å². The summed E-state index contributed by atoms with van der Waals surface area (Å²) in [4.78, 5) is 0. The van der Waals surface area contributed by atoms with Gasteiger partial charge >= 0.3 is 0 Å². The van der Waals surface area contributed by atoms with Gasteiger partial charge in [0.05, 0.1) is 23.3 Å². The van der Waals surface area contributed by atoms with Crippen LogP contribution in [0.25, 0.3) is 0 Å². The topological polar surface area (TPSA) is 35.2 Å². The van der Waals surface area contributed by atoms with Crippen molar-refractivity contribution < 1.29 is 4.74 Å². The molecule has 0 radical (unpaired) electrons. The van der Waals surface area contributed by atoms with Gasteiger partial charge in [-0.3, -0.25) is 0 Å². The Hall–Kier alpha value is -1.06. The van der Waals surface area contributed by atoms with E-state index in [2.05, 4.69) is 18.2 Å². The molecule has 2 N–H and O–H groups in total. The number of benzene rings is 2. The van der Waals surface area contributed by atoms with Gasteiger partial charge < -0.3 is 10.5 Å². The summed E-state index contributed by atoms with van der Waals surface area (Å²) < 4.78 is 5.42. The van der Waals surface area contributed by atoms with Crippen molar-refractivity contribution in [1.29, 1.82) is 0 Å². The number of halogens is 2. The van der Waals surface area contributed by atoms with Crippen molar-refractivity contribution >= 4 is 23.2 Å². The number of hydrogen-bond acceptors (Lipinski definition) is 2. The molecule has 0 saturated heterocycles. The fourth-order valence-corrected chi connectivity index (χ4v) is 2.78. The summed E-state index contributed by atoms with van der Waals surface area (Å²) in [6.07, 6.45) is 0.733. The van der Waals surface area contributed by atoms with Crippen molar-refractivity contribution in [3.63, 3.8) is 0 Å². The van der Waals surface area contributed by atoms with Gasteiger partial charge in [-0.05, 0) is 40.8 Å². The number of rotatable bonds is 3. The normalized spacial score (nSPS) is 15.2. The van der Waals surface area contributed by atoms with E-state index >= 15 is 0 Å². The highest BCUT2D eigenvalue weighted by atomic mass is 35.5. The third-order valence-corrected chi connectivity index (χ3v) is 4.35. The van der Waals surface area contributed by atoms with Crippen LogP contribution in [0.2, 0.25) is 10.0 Å². The second-order valence-electron chi connectivity index (χ2n) is 5.08. The highest BCUT2D eigenvalue weighted by Crippen LogP contribution is 2.27. The highest BCUT2D eigenvalue weighted by molar-refractivity contribution is 6.42. The van der Waals surface area contributed by atoms with Crippen LogP contribution in [0.1, 0.15) is 28.3 Å². The summed E-state index contributed by atoms with van der Waals surface area (Å²) in [6.45, 7) is 1.39. The Bertz CT molecular complexity index is 642. The van der Waals surface area contributed by atoms with Crippen LogP contribution in [0.15, 0.2) is 36.4 Å². The molecule has 2 aromatic rings. The van der Waals surface area contributed by atoms with Gasteiger partial charge in [0.2, 0.25) is 0 Å². The molecule has 104 valence electrons. The molecule has 0 amide bonds. The maximum absolute atomic E-state index is 6.29. The van der Waals surface area contributed by atoms with Crippen molar-refractivity contribution in [2.45, 2.75) is 25.7 Å². The summed E-state index contributed by atoms with van der Waals surface area (Å²) >= 11 is 12.0. The zero-order chi connectivity index (χ0) is 14.1. The Morgan fingerprint density at radius 3 is 2.60 bits per heavy atom. The summed E-state index contributed by atoms with van der Waals surface area (Å²) in [6, 6.07) is 11.9. The molecule has 1 aliphatic rings. The van der Waals surface area contributed by atoms with Gasteiger partial charge in [-0.15, -0.1) is 0 Å². The van der Waals surface area contributed by atoms with E-state index in [9.17, 15) is 0 Å². The zero-order valence-electron chi connectivity index (χ0n) is 10.9. The third kappa shape index (κ3) is 2.84. The quantitative estimate of drug-likeness (QED) is 0.919. The minimum absolute atomic E-state index is 0.0573. The molecular formula is C16H15Cl2NO. The first kappa shape index (κ1) is 13.9. The zero-order valence-corrected chi connectivity index (χ0v) is 12.4. The van der Waals surface area contributed by atoms with Crippen molar-refractivity contribution in [2.24, 2.45) is 5.73 Å². The van der Waals surface area contributed by atoms with E-state index in [1.165, 1.54) is 11.1 Å². The van der Waals surface area contributed by atoms with E-state index in [-0.39, 0.29) is 6.04 Å². The average Bonchev–Trinajstić information content (AvgIpc) is 2.90. The Morgan fingerprint density at radius 2 is 1.80 bits per heavy atom. The number of hydrogen-bond donors (Lipinski definition) is 1. The SMILES string of the molecule is NC(Cc1ccc(Cl)c(Cl)c1)c1ccc2c(c1)COC2. The molecule has 4 heteroatoms. The minimum atomic E-state index is -0.0573. The van der Waals surface area contributed by atoms with Crippen molar-refractivity contribution in [1.82, 2.24) is 0 Å². The van der Waals surface area contributed by atoms with Crippen LogP contribution < -0.4 is 5.73 Å². The minimum Gasteiger partial charge on any atom is -0.372 e. The molecule has 0 aromatic heterocycles. The van der Waals surface area contributed by atoms with Crippen LogP contribution in [0.5, 0.6) is 0 Å². The summed E-state index contributed by atoms with van der Waals surface area (Å²) in [5, 5.41) is 1.14. The van der Waals surface area contributed by atoms with Crippen LogP contribution in [-0.2, 0) is 24.4 Å². The molecule has 3 rings (SSSR count). The highest BCUT2D eigenvalue weighted by Gasteiger charge is 2.14. The Morgan fingerprint density at radius 1 is 1.00 bits per heavy atom. The van der Waals surface area contributed by atoms with E-state index in [1.54, 1.807) is 0 Å². The van der Waals surface area contributed by atoms with Crippen molar-refractivity contribution in [3.05, 3.63) is 68.7 Å². The Labute approximate surface area is 128 Å². The molecule has 2 aromatic carbocycles. The van der Waals surface area contributed by atoms with Gasteiger partial charge in [-0.2, -0.15) is 0 Å². The molecule has 0 fully saturated rings. The summed E-state index contributed by atoms with van der Waals surface area (Å²) in [5.41, 5.74) is 11.0. The largest absolute Gasteiger partial charge is 0.372 e. The Balaban J connectivity index is 1.78. The van der Waals surface area contributed by atoms with Gasteiger partial charge in [-0.1, -0.05) is 47.5 Å². The molecule has 1 atom stereocenters. The maximum Gasteiger partial charge on any atom is 0.0725 e. The predicted octanol–water partition coefficient (Wildman–Crippen LogP) is 4.27. The van der Waals surface area contributed by atoms with E-state index in [4.69, 9.17) is 33.7 Å². The Kier molecular flexibility index (Phi) is 3.99. The number of fused-ring (bicyclic) bond motifs is 1. The van der Waals surface area contributed by atoms with E-state index in [0.29, 0.717) is 23.3 Å². The second-order valence-corrected chi connectivity index (χ2v) is 5.89. The van der Waals surface area contributed by atoms with E-state index in [1.807, 2.05) is 18.2 Å². The molecule has 20 heavy (non-hydrogen) atoms. The lowest BCUT2D eigenvalue weighted by molar-refractivity contribution is 0.134. The van der Waals surface area contributed by atoms with Crippen LogP contribution in [0.3, 0.4) is 0 Å². The first-order chi connectivity index (χ1) is 9.63. The number of ether oxygens (including phenoxy) is 1. The fraction of sp³-hybridized carbons (Fsp3) is 0.250. The summed E-state index contributed by atoms with van der Waals surface area (Å²) in [5.74, 6) is 0. The molecule has 0 aliphatic carbocycles. The van der Waals surface area contributed by atoms with Gasteiger partial charge in [0.15, 0.2) is 0 Å². The molecule has 1 unspecified atom stereocenters. The molecule has 1 heterocycles. The van der Waals surface area contributed by atoms with E-state index < -0.39 is 0 Å². The second kappa shape index (κ2) is 5.74. The first-order valence-electron chi connectivity index (χ1n) is 6.52. The van der Waals surface area contributed by atoms with Gasteiger partial charge in [0.25, 0.3) is 0 Å². The number of nitrogens with two attached hydrogens (primary N) is 1. The van der Waals surface area contributed by atoms with E-state index in [0.717, 1.165) is 17.5 Å². The molecule has 0 bridgehead atoms. The molecular weight excluding hydrogens is 293 g/mol. The molecule has 0 saturated carbocycles. The van der Waals surface area contributed by atoms with Crippen LogP contribution in [-0.4, -0.2) is 0 Å². The van der Waals surface area contributed by atoms with Gasteiger partial charge in [0, 0.05) is 6.04 Å². The maximum atomic E-state index is 6.29. The standard InChI is InChI=1S/C16H15Cl2NO/c17-14-4-1-10(5-15(14)18)6-16(19)11-2-3-12-8-20-9-13(12)7-11/h1-5,7,16H,6,8-9,19H2. The predicted molar refractivity (Wildman–Crippen MR) is 82.0 cm³/mol. The lowest BCUT2D eigenvalue weighted by atomic mass is 9.97. The average molecular weight is 308 g/mol. The van der Waals surface area contributed by atoms with Crippen molar-refractivity contribution in [3.8, 4) is 0 Å². The lowest BCUT2D eigenvalue weighted by Crippen LogP contribution is -2.13. The summed E-state index contributed by atoms with van der Waals surface area (Å²) in [7, 11) is 0. The first-order valence-corrected chi connectivity index (χ1v) is 7.28.